The minimum absolute atomic E-state index is 0.0380. The zero-order valence-corrected chi connectivity index (χ0v) is 17.0. The number of carbonyl (C=O) groups is 2. The van der Waals surface area contributed by atoms with E-state index >= 15 is 0 Å². The van der Waals surface area contributed by atoms with Gasteiger partial charge in [-0.05, 0) is 58.1 Å². The number of aryl methyl sites for hydroxylation is 3. The van der Waals surface area contributed by atoms with Crippen LogP contribution in [-0.2, 0) is 11.2 Å². The predicted molar refractivity (Wildman–Crippen MR) is 109 cm³/mol. The van der Waals surface area contributed by atoms with E-state index < -0.39 is 0 Å². The first-order chi connectivity index (χ1) is 13.4. The first kappa shape index (κ1) is 20.2. The molecule has 1 N–H and O–H groups in total. The Labute approximate surface area is 167 Å². The summed E-state index contributed by atoms with van der Waals surface area (Å²) in [6.45, 7) is 6.86. The first-order valence-electron chi connectivity index (χ1n) is 10.1. The number of amides is 2. The monoisotopic (exact) mass is 382 g/mol. The second-order valence-electron chi connectivity index (χ2n) is 7.85. The lowest BCUT2D eigenvalue weighted by atomic mass is 9.95. The van der Waals surface area contributed by atoms with Crippen molar-refractivity contribution in [3.63, 3.8) is 0 Å². The van der Waals surface area contributed by atoms with Gasteiger partial charge in [0, 0.05) is 19.1 Å². The van der Waals surface area contributed by atoms with Crippen molar-refractivity contribution >= 4 is 11.8 Å². The Morgan fingerprint density at radius 3 is 2.68 bits per heavy atom. The molecule has 2 unspecified atom stereocenters. The van der Waals surface area contributed by atoms with Crippen LogP contribution in [0.25, 0.3) is 0 Å². The van der Waals surface area contributed by atoms with E-state index in [-0.39, 0.29) is 23.8 Å². The SMILES string of the molecule is Cc1cc(C(=O)N2CCCC(C(=O)NC(C)CCc3ccccc3)C2)c(C)o1. The molecule has 5 heteroatoms. The average molecular weight is 383 g/mol. The van der Waals surface area contributed by atoms with Crippen molar-refractivity contribution < 1.29 is 14.0 Å². The van der Waals surface area contributed by atoms with E-state index in [1.165, 1.54) is 5.56 Å². The maximum Gasteiger partial charge on any atom is 0.257 e. The molecule has 0 bridgehead atoms. The summed E-state index contributed by atoms with van der Waals surface area (Å²) in [6.07, 6.45) is 3.51. The number of hydrogen-bond donors (Lipinski definition) is 1. The number of rotatable bonds is 6. The molecule has 1 aromatic carbocycles. The van der Waals surface area contributed by atoms with Crippen molar-refractivity contribution in [1.82, 2.24) is 10.2 Å². The standard InChI is InChI=1S/C23H30N2O3/c1-16(11-12-19-8-5-4-6-9-19)24-22(26)20-10-7-13-25(15-20)23(27)21-14-17(2)28-18(21)3/h4-6,8-9,14,16,20H,7,10-13,15H2,1-3H3,(H,24,26). The molecule has 1 aliphatic rings. The van der Waals surface area contributed by atoms with Gasteiger partial charge in [-0.2, -0.15) is 0 Å². The molecule has 0 aliphatic carbocycles. The Hall–Kier alpha value is -2.56. The van der Waals surface area contributed by atoms with Gasteiger partial charge in [-0.3, -0.25) is 9.59 Å². The van der Waals surface area contributed by atoms with Crippen molar-refractivity contribution in [2.45, 2.75) is 52.5 Å². The number of nitrogens with one attached hydrogen (secondary N) is 1. The molecule has 0 radical (unpaired) electrons. The lowest BCUT2D eigenvalue weighted by Crippen LogP contribution is -2.47. The Morgan fingerprint density at radius 1 is 1.25 bits per heavy atom. The zero-order chi connectivity index (χ0) is 20.1. The first-order valence-corrected chi connectivity index (χ1v) is 10.1. The van der Waals surface area contributed by atoms with Gasteiger partial charge in [0.25, 0.3) is 5.91 Å². The molecular formula is C23H30N2O3. The summed E-state index contributed by atoms with van der Waals surface area (Å²) in [6, 6.07) is 12.2. The van der Waals surface area contributed by atoms with E-state index in [0.29, 0.717) is 24.4 Å². The highest BCUT2D eigenvalue weighted by Crippen LogP contribution is 2.22. The maximum absolute atomic E-state index is 12.8. The van der Waals surface area contributed by atoms with Gasteiger partial charge in [0.05, 0.1) is 11.5 Å². The molecule has 1 aromatic heterocycles. The molecule has 5 nitrogen and oxygen atoms in total. The van der Waals surface area contributed by atoms with Crippen LogP contribution in [0.2, 0.25) is 0 Å². The average Bonchev–Trinajstić information content (AvgIpc) is 3.04. The summed E-state index contributed by atoms with van der Waals surface area (Å²) >= 11 is 0. The topological polar surface area (TPSA) is 62.6 Å². The van der Waals surface area contributed by atoms with Gasteiger partial charge in [-0.1, -0.05) is 30.3 Å². The van der Waals surface area contributed by atoms with Gasteiger partial charge in [0.2, 0.25) is 5.91 Å². The van der Waals surface area contributed by atoms with E-state index in [0.717, 1.165) is 31.4 Å². The van der Waals surface area contributed by atoms with Crippen LogP contribution in [0.15, 0.2) is 40.8 Å². The summed E-state index contributed by atoms with van der Waals surface area (Å²) in [5.41, 5.74) is 1.89. The molecule has 0 saturated carbocycles. The Bertz CT molecular complexity index is 813. The Kier molecular flexibility index (Phi) is 6.55. The molecule has 2 amide bonds. The van der Waals surface area contributed by atoms with Crippen LogP contribution in [0, 0.1) is 19.8 Å². The number of carbonyl (C=O) groups excluding carboxylic acids is 2. The van der Waals surface area contributed by atoms with Crippen molar-refractivity contribution in [3.05, 3.63) is 59.0 Å². The molecule has 28 heavy (non-hydrogen) atoms. The number of piperidine rings is 1. The van der Waals surface area contributed by atoms with Crippen LogP contribution in [0.4, 0.5) is 0 Å². The van der Waals surface area contributed by atoms with Crippen molar-refractivity contribution in [2.75, 3.05) is 13.1 Å². The molecule has 1 saturated heterocycles. The van der Waals surface area contributed by atoms with E-state index in [4.69, 9.17) is 4.42 Å². The third-order valence-corrected chi connectivity index (χ3v) is 5.45. The highest BCUT2D eigenvalue weighted by molar-refractivity contribution is 5.95. The van der Waals surface area contributed by atoms with Crippen molar-refractivity contribution in [3.8, 4) is 0 Å². The van der Waals surface area contributed by atoms with Crippen LogP contribution < -0.4 is 5.32 Å². The fourth-order valence-electron chi connectivity index (χ4n) is 3.85. The predicted octanol–water partition coefficient (Wildman–Crippen LogP) is 3.89. The highest BCUT2D eigenvalue weighted by atomic mass is 16.3. The maximum atomic E-state index is 12.8. The summed E-state index contributed by atoms with van der Waals surface area (Å²) < 4.78 is 5.49. The molecule has 0 spiro atoms. The molecular weight excluding hydrogens is 352 g/mol. The lowest BCUT2D eigenvalue weighted by molar-refractivity contribution is -0.127. The Balaban J connectivity index is 1.52. The fraction of sp³-hybridized carbons (Fsp3) is 0.478. The molecule has 1 aliphatic heterocycles. The van der Waals surface area contributed by atoms with Gasteiger partial charge >= 0.3 is 0 Å². The second-order valence-corrected chi connectivity index (χ2v) is 7.85. The molecule has 2 aromatic rings. The van der Waals surface area contributed by atoms with Gasteiger partial charge < -0.3 is 14.6 Å². The normalized spacial score (nSPS) is 18.0. The van der Waals surface area contributed by atoms with E-state index in [9.17, 15) is 9.59 Å². The third-order valence-electron chi connectivity index (χ3n) is 5.45. The summed E-state index contributed by atoms with van der Waals surface area (Å²) in [5.74, 6) is 1.25. The summed E-state index contributed by atoms with van der Waals surface area (Å²) in [4.78, 5) is 27.3. The van der Waals surface area contributed by atoms with Gasteiger partial charge in [0.15, 0.2) is 0 Å². The van der Waals surface area contributed by atoms with Crippen LogP contribution in [0.3, 0.4) is 0 Å². The van der Waals surface area contributed by atoms with E-state index in [1.54, 1.807) is 11.0 Å². The summed E-state index contributed by atoms with van der Waals surface area (Å²) in [5, 5.41) is 3.14. The smallest absolute Gasteiger partial charge is 0.257 e. The Morgan fingerprint density at radius 2 is 2.00 bits per heavy atom. The third kappa shape index (κ3) is 5.03. The molecule has 150 valence electrons. The molecule has 3 rings (SSSR count). The molecule has 2 atom stereocenters. The van der Waals surface area contributed by atoms with Crippen molar-refractivity contribution in [1.29, 1.82) is 0 Å². The van der Waals surface area contributed by atoms with Crippen molar-refractivity contribution in [2.24, 2.45) is 5.92 Å². The fourth-order valence-corrected chi connectivity index (χ4v) is 3.85. The van der Waals surface area contributed by atoms with Gasteiger partial charge in [-0.25, -0.2) is 0 Å². The number of hydrogen-bond acceptors (Lipinski definition) is 3. The van der Waals surface area contributed by atoms with Crippen LogP contribution >= 0.6 is 0 Å². The minimum Gasteiger partial charge on any atom is -0.466 e. The largest absolute Gasteiger partial charge is 0.466 e. The number of furan rings is 1. The van der Waals surface area contributed by atoms with Crippen LogP contribution in [0.5, 0.6) is 0 Å². The van der Waals surface area contributed by atoms with E-state index in [1.807, 2.05) is 39.0 Å². The van der Waals surface area contributed by atoms with E-state index in [2.05, 4.69) is 17.4 Å². The quantitative estimate of drug-likeness (QED) is 0.824. The molecule has 2 heterocycles. The zero-order valence-electron chi connectivity index (χ0n) is 17.0. The lowest BCUT2D eigenvalue weighted by Gasteiger charge is -2.32. The highest BCUT2D eigenvalue weighted by Gasteiger charge is 2.30. The molecule has 1 fully saturated rings. The number of nitrogens with zero attached hydrogens (tertiary/aromatic N) is 1. The van der Waals surface area contributed by atoms with Gasteiger partial charge in [-0.15, -0.1) is 0 Å². The number of likely N-dealkylation sites (tertiary alicyclic amines) is 1. The van der Waals surface area contributed by atoms with Crippen LogP contribution in [0.1, 0.15) is 53.6 Å². The second kappa shape index (κ2) is 9.09. The summed E-state index contributed by atoms with van der Waals surface area (Å²) in [7, 11) is 0. The number of benzene rings is 1. The van der Waals surface area contributed by atoms with Crippen LogP contribution in [-0.4, -0.2) is 35.8 Å². The van der Waals surface area contributed by atoms with Gasteiger partial charge in [0.1, 0.15) is 11.5 Å². The minimum atomic E-state index is -0.148.